The molecule has 0 aliphatic rings. The van der Waals surface area contributed by atoms with E-state index in [1.165, 1.54) is 5.56 Å². The third-order valence-corrected chi connectivity index (χ3v) is 2.54. The zero-order valence-electron chi connectivity index (χ0n) is 10.7. The van der Waals surface area contributed by atoms with Crippen molar-refractivity contribution in [3.8, 4) is 0 Å². The zero-order valence-corrected chi connectivity index (χ0v) is 10.7. The van der Waals surface area contributed by atoms with Crippen molar-refractivity contribution < 1.29 is 0 Å². The largest absolute Gasteiger partial charge is 0.369 e. The molecule has 2 heterocycles. The van der Waals surface area contributed by atoms with E-state index in [0.717, 1.165) is 24.7 Å². The normalized spacial score (nSPS) is 10.1. The molecular weight excluding hydrogens is 226 g/mol. The van der Waals surface area contributed by atoms with Crippen molar-refractivity contribution in [2.24, 2.45) is 0 Å². The molecule has 0 saturated heterocycles. The van der Waals surface area contributed by atoms with Gasteiger partial charge in [0.1, 0.15) is 11.6 Å². The van der Waals surface area contributed by atoms with E-state index < -0.39 is 0 Å². The predicted molar refractivity (Wildman–Crippen MR) is 72.5 cm³/mol. The monoisotopic (exact) mass is 243 g/mol. The number of nitrogens with one attached hydrogen (secondary N) is 1. The Hall–Kier alpha value is -2.17. The van der Waals surface area contributed by atoms with E-state index >= 15 is 0 Å². The summed E-state index contributed by atoms with van der Waals surface area (Å²) in [5.41, 5.74) is 1.20. The molecule has 0 saturated carbocycles. The van der Waals surface area contributed by atoms with E-state index in [1.807, 2.05) is 26.1 Å². The molecule has 0 aliphatic heterocycles. The van der Waals surface area contributed by atoms with Crippen LogP contribution in [0.5, 0.6) is 0 Å². The van der Waals surface area contributed by atoms with Crippen LogP contribution in [-0.2, 0) is 6.54 Å². The Morgan fingerprint density at radius 3 is 2.67 bits per heavy atom. The lowest BCUT2D eigenvalue weighted by atomic mass is 10.2. The minimum Gasteiger partial charge on any atom is -0.369 e. The molecule has 2 aromatic heterocycles. The van der Waals surface area contributed by atoms with E-state index in [9.17, 15) is 0 Å². The quantitative estimate of drug-likeness (QED) is 0.869. The topological polar surface area (TPSA) is 53.9 Å². The molecule has 0 aliphatic carbocycles. The smallest absolute Gasteiger partial charge is 0.149 e. The lowest BCUT2D eigenvalue weighted by Crippen LogP contribution is -2.18. The molecule has 0 fully saturated rings. The van der Waals surface area contributed by atoms with Crippen LogP contribution in [0.4, 0.5) is 11.6 Å². The summed E-state index contributed by atoms with van der Waals surface area (Å²) in [4.78, 5) is 14.7. The molecule has 0 bridgehead atoms. The Morgan fingerprint density at radius 1 is 1.17 bits per heavy atom. The van der Waals surface area contributed by atoms with Crippen LogP contribution in [0.15, 0.2) is 36.9 Å². The fourth-order valence-corrected chi connectivity index (χ4v) is 1.65. The van der Waals surface area contributed by atoms with Gasteiger partial charge < -0.3 is 10.2 Å². The highest BCUT2D eigenvalue weighted by atomic mass is 15.2. The standard InChI is InChI=1S/C13H17N5/c1-3-16-12-8-15-9-13(17-12)18(2)10-11-4-6-14-7-5-11/h4-9H,3,10H2,1-2H3,(H,16,17). The van der Waals surface area contributed by atoms with Gasteiger partial charge in [0.25, 0.3) is 0 Å². The second-order valence-corrected chi connectivity index (χ2v) is 4.00. The summed E-state index contributed by atoms with van der Waals surface area (Å²) in [7, 11) is 2.00. The molecule has 0 radical (unpaired) electrons. The van der Waals surface area contributed by atoms with Gasteiger partial charge >= 0.3 is 0 Å². The van der Waals surface area contributed by atoms with E-state index in [0.29, 0.717) is 0 Å². The Morgan fingerprint density at radius 2 is 1.94 bits per heavy atom. The average Bonchev–Trinajstić information content (AvgIpc) is 2.40. The van der Waals surface area contributed by atoms with Gasteiger partial charge in [0, 0.05) is 32.5 Å². The van der Waals surface area contributed by atoms with Gasteiger partial charge in [-0.15, -0.1) is 0 Å². The van der Waals surface area contributed by atoms with Crippen molar-refractivity contribution >= 4 is 11.6 Å². The maximum Gasteiger partial charge on any atom is 0.149 e. The van der Waals surface area contributed by atoms with Crippen LogP contribution in [0.3, 0.4) is 0 Å². The summed E-state index contributed by atoms with van der Waals surface area (Å²) < 4.78 is 0. The van der Waals surface area contributed by atoms with Crippen molar-refractivity contribution in [1.29, 1.82) is 0 Å². The lowest BCUT2D eigenvalue weighted by molar-refractivity contribution is 0.887. The van der Waals surface area contributed by atoms with Gasteiger partial charge in [-0.25, -0.2) is 4.98 Å². The Balaban J connectivity index is 2.08. The number of nitrogens with zero attached hydrogens (tertiary/aromatic N) is 4. The second-order valence-electron chi connectivity index (χ2n) is 4.00. The number of aromatic nitrogens is 3. The first kappa shape index (κ1) is 12.3. The van der Waals surface area contributed by atoms with Crippen molar-refractivity contribution in [2.45, 2.75) is 13.5 Å². The molecule has 5 nitrogen and oxygen atoms in total. The Kier molecular flexibility index (Phi) is 4.06. The van der Waals surface area contributed by atoms with Gasteiger partial charge in [-0.05, 0) is 24.6 Å². The molecule has 0 amide bonds. The van der Waals surface area contributed by atoms with Crippen LogP contribution in [-0.4, -0.2) is 28.5 Å². The van der Waals surface area contributed by atoms with E-state index in [4.69, 9.17) is 0 Å². The predicted octanol–water partition coefficient (Wildman–Crippen LogP) is 1.94. The van der Waals surface area contributed by atoms with Crippen LogP contribution in [0, 0.1) is 0 Å². The minimum atomic E-state index is 0.785. The van der Waals surface area contributed by atoms with Gasteiger partial charge in [-0.3, -0.25) is 9.97 Å². The summed E-state index contributed by atoms with van der Waals surface area (Å²) in [5, 5.41) is 3.16. The summed E-state index contributed by atoms with van der Waals surface area (Å²) in [5.74, 6) is 1.65. The highest BCUT2D eigenvalue weighted by molar-refractivity contribution is 5.43. The summed E-state index contributed by atoms with van der Waals surface area (Å²) in [6.45, 7) is 3.66. The fourth-order valence-electron chi connectivity index (χ4n) is 1.65. The number of rotatable bonds is 5. The van der Waals surface area contributed by atoms with Crippen LogP contribution in [0.25, 0.3) is 0 Å². The highest BCUT2D eigenvalue weighted by Gasteiger charge is 2.04. The average molecular weight is 243 g/mol. The van der Waals surface area contributed by atoms with Crippen LogP contribution in [0.1, 0.15) is 12.5 Å². The van der Waals surface area contributed by atoms with Crippen molar-refractivity contribution in [3.05, 3.63) is 42.5 Å². The van der Waals surface area contributed by atoms with Gasteiger partial charge in [0.05, 0.1) is 12.4 Å². The molecule has 18 heavy (non-hydrogen) atoms. The zero-order chi connectivity index (χ0) is 12.8. The molecule has 2 aromatic rings. The Bertz CT molecular complexity index is 486. The molecule has 0 unspecified atom stereocenters. The molecule has 1 N–H and O–H groups in total. The van der Waals surface area contributed by atoms with Gasteiger partial charge in [0.2, 0.25) is 0 Å². The van der Waals surface area contributed by atoms with Gasteiger partial charge in [-0.2, -0.15) is 0 Å². The summed E-state index contributed by atoms with van der Waals surface area (Å²) in [6, 6.07) is 4.00. The van der Waals surface area contributed by atoms with Crippen LogP contribution < -0.4 is 10.2 Å². The first-order valence-corrected chi connectivity index (χ1v) is 5.95. The number of pyridine rings is 1. The maximum atomic E-state index is 4.50. The highest BCUT2D eigenvalue weighted by Crippen LogP contribution is 2.13. The van der Waals surface area contributed by atoms with E-state index in [2.05, 4.69) is 25.2 Å². The number of anilines is 2. The van der Waals surface area contributed by atoms with E-state index in [1.54, 1.807) is 24.8 Å². The third kappa shape index (κ3) is 3.16. The SMILES string of the molecule is CCNc1cncc(N(C)Cc2ccncc2)n1. The van der Waals surface area contributed by atoms with Gasteiger partial charge in [-0.1, -0.05) is 0 Å². The minimum absolute atomic E-state index is 0.785. The Labute approximate surface area is 107 Å². The van der Waals surface area contributed by atoms with Crippen molar-refractivity contribution in [1.82, 2.24) is 15.0 Å². The summed E-state index contributed by atoms with van der Waals surface area (Å²) in [6.07, 6.45) is 7.09. The lowest BCUT2D eigenvalue weighted by Gasteiger charge is -2.18. The van der Waals surface area contributed by atoms with Crippen LogP contribution >= 0.6 is 0 Å². The van der Waals surface area contributed by atoms with Crippen molar-refractivity contribution in [2.75, 3.05) is 23.8 Å². The second kappa shape index (κ2) is 5.95. The maximum absolute atomic E-state index is 4.50. The number of hydrogen-bond acceptors (Lipinski definition) is 5. The molecule has 94 valence electrons. The summed E-state index contributed by atoms with van der Waals surface area (Å²) >= 11 is 0. The molecular formula is C13H17N5. The first-order valence-electron chi connectivity index (χ1n) is 5.95. The molecule has 2 rings (SSSR count). The molecule has 0 aromatic carbocycles. The molecule has 0 spiro atoms. The fraction of sp³-hybridized carbons (Fsp3) is 0.308. The van der Waals surface area contributed by atoms with Gasteiger partial charge in [0.15, 0.2) is 0 Å². The third-order valence-electron chi connectivity index (χ3n) is 2.54. The molecule has 5 heteroatoms. The molecule has 0 atom stereocenters. The first-order chi connectivity index (χ1) is 8.79. The van der Waals surface area contributed by atoms with E-state index in [-0.39, 0.29) is 0 Å². The number of hydrogen-bond donors (Lipinski definition) is 1. The van der Waals surface area contributed by atoms with Crippen molar-refractivity contribution in [3.63, 3.8) is 0 Å². The van der Waals surface area contributed by atoms with Crippen LogP contribution in [0.2, 0.25) is 0 Å².